The maximum Gasteiger partial charge on any atom is 0.265 e. The Morgan fingerprint density at radius 3 is 2.74 bits per heavy atom. The summed E-state index contributed by atoms with van der Waals surface area (Å²) in [5, 5.41) is 3.99. The van der Waals surface area contributed by atoms with Crippen molar-refractivity contribution >= 4 is 15.7 Å². The quantitative estimate of drug-likeness (QED) is 0.796. The van der Waals surface area contributed by atoms with Gasteiger partial charge in [0.25, 0.3) is 10.0 Å². The van der Waals surface area contributed by atoms with E-state index < -0.39 is 15.8 Å². The maximum absolute atomic E-state index is 13.5. The molecule has 2 heterocycles. The van der Waals surface area contributed by atoms with Crippen molar-refractivity contribution in [2.75, 3.05) is 4.72 Å². The van der Waals surface area contributed by atoms with E-state index in [0.717, 1.165) is 6.07 Å². The molecule has 0 saturated heterocycles. The van der Waals surface area contributed by atoms with Crippen LogP contribution < -0.4 is 4.72 Å². The number of anilines is 1. The van der Waals surface area contributed by atoms with Crippen LogP contribution in [-0.2, 0) is 10.0 Å². The van der Waals surface area contributed by atoms with Crippen molar-refractivity contribution in [3.8, 4) is 5.82 Å². The van der Waals surface area contributed by atoms with Crippen LogP contribution in [0.4, 0.5) is 10.1 Å². The van der Waals surface area contributed by atoms with E-state index in [-0.39, 0.29) is 10.6 Å². The highest BCUT2D eigenvalue weighted by Gasteiger charge is 2.17. The fourth-order valence-electron chi connectivity index (χ4n) is 1.93. The molecule has 1 aromatic carbocycles. The van der Waals surface area contributed by atoms with E-state index in [2.05, 4.69) is 14.8 Å². The molecule has 0 saturated carbocycles. The molecule has 0 radical (unpaired) electrons. The van der Waals surface area contributed by atoms with E-state index in [9.17, 15) is 12.8 Å². The number of nitrogens with one attached hydrogen (secondary N) is 1. The lowest BCUT2D eigenvalue weighted by atomic mass is 10.2. The van der Waals surface area contributed by atoms with Gasteiger partial charge in [-0.05, 0) is 36.8 Å². The van der Waals surface area contributed by atoms with Crippen molar-refractivity contribution in [1.29, 1.82) is 0 Å². The second-order valence-corrected chi connectivity index (χ2v) is 6.56. The Morgan fingerprint density at radius 2 is 2.04 bits per heavy atom. The Bertz CT molecular complexity index is 939. The molecule has 1 N–H and O–H groups in total. The second-order valence-electron chi connectivity index (χ2n) is 4.88. The van der Waals surface area contributed by atoms with E-state index in [1.807, 2.05) is 0 Å². The minimum absolute atomic E-state index is 0.0378. The molecule has 0 atom stereocenters. The first kappa shape index (κ1) is 15.2. The fourth-order valence-corrected chi connectivity index (χ4v) is 2.91. The lowest BCUT2D eigenvalue weighted by Gasteiger charge is -2.07. The van der Waals surface area contributed by atoms with Crippen LogP contribution in [0.5, 0.6) is 0 Å². The average Bonchev–Trinajstić information content (AvgIpc) is 3.02. The number of hydrogen-bond acceptors (Lipinski definition) is 4. The summed E-state index contributed by atoms with van der Waals surface area (Å²) in [6.07, 6.45) is 4.13. The summed E-state index contributed by atoms with van der Waals surface area (Å²) >= 11 is 0. The lowest BCUT2D eigenvalue weighted by Crippen LogP contribution is -2.12. The molecule has 0 amide bonds. The van der Waals surface area contributed by atoms with Crippen LogP contribution in [0.15, 0.2) is 59.9 Å². The van der Waals surface area contributed by atoms with Gasteiger partial charge in [-0.15, -0.1) is 0 Å². The first-order valence-corrected chi connectivity index (χ1v) is 8.19. The van der Waals surface area contributed by atoms with Gasteiger partial charge in [0, 0.05) is 6.20 Å². The smallest absolute Gasteiger partial charge is 0.265 e. The van der Waals surface area contributed by atoms with Crippen molar-refractivity contribution < 1.29 is 12.8 Å². The molecule has 2 aromatic heterocycles. The van der Waals surface area contributed by atoms with Crippen molar-refractivity contribution in [3.63, 3.8) is 0 Å². The molecule has 0 aliphatic heterocycles. The SMILES string of the molecule is Cc1ccc(NS(=O)(=O)c2cnn(-c3ccccn3)c2)cc1F. The van der Waals surface area contributed by atoms with E-state index in [1.165, 1.54) is 29.2 Å². The number of rotatable bonds is 4. The summed E-state index contributed by atoms with van der Waals surface area (Å²) in [7, 11) is -3.86. The lowest BCUT2D eigenvalue weighted by molar-refractivity contribution is 0.601. The van der Waals surface area contributed by atoms with Gasteiger partial charge in [0.05, 0.1) is 18.1 Å². The topological polar surface area (TPSA) is 76.9 Å². The molecule has 0 aliphatic carbocycles. The molecule has 0 spiro atoms. The summed E-state index contributed by atoms with van der Waals surface area (Å²) in [4.78, 5) is 4.05. The van der Waals surface area contributed by atoms with Gasteiger partial charge in [-0.3, -0.25) is 4.72 Å². The molecule has 3 rings (SSSR count). The van der Waals surface area contributed by atoms with Gasteiger partial charge in [-0.25, -0.2) is 22.5 Å². The summed E-state index contributed by atoms with van der Waals surface area (Å²) < 4.78 is 41.9. The molecule has 23 heavy (non-hydrogen) atoms. The highest BCUT2D eigenvalue weighted by molar-refractivity contribution is 7.92. The standard InChI is InChI=1S/C15H13FN4O2S/c1-11-5-6-12(8-14(11)16)19-23(21,22)13-9-18-20(10-13)15-4-2-3-7-17-15/h2-10,19H,1H3. The third kappa shape index (κ3) is 3.21. The predicted molar refractivity (Wildman–Crippen MR) is 83.3 cm³/mol. The Labute approximate surface area is 132 Å². The first-order valence-electron chi connectivity index (χ1n) is 6.71. The zero-order chi connectivity index (χ0) is 16.4. The number of pyridine rings is 1. The Kier molecular flexibility index (Phi) is 3.83. The monoisotopic (exact) mass is 332 g/mol. The summed E-state index contributed by atoms with van der Waals surface area (Å²) in [5.74, 6) is 0.0183. The molecule has 0 unspecified atom stereocenters. The number of hydrogen-bond donors (Lipinski definition) is 1. The highest BCUT2D eigenvalue weighted by Crippen LogP contribution is 2.19. The first-order chi connectivity index (χ1) is 11.0. The molecular formula is C15H13FN4O2S. The summed E-state index contributed by atoms with van der Waals surface area (Å²) in [6.45, 7) is 1.60. The Balaban J connectivity index is 1.88. The van der Waals surface area contributed by atoms with E-state index >= 15 is 0 Å². The summed E-state index contributed by atoms with van der Waals surface area (Å²) in [6, 6.07) is 9.36. The minimum atomic E-state index is -3.86. The molecule has 8 heteroatoms. The Hall–Kier alpha value is -2.74. The average molecular weight is 332 g/mol. The molecule has 6 nitrogen and oxygen atoms in total. The van der Waals surface area contributed by atoms with E-state index in [0.29, 0.717) is 11.4 Å². The van der Waals surface area contributed by atoms with E-state index in [4.69, 9.17) is 0 Å². The van der Waals surface area contributed by atoms with Crippen molar-refractivity contribution in [1.82, 2.24) is 14.8 Å². The number of halogens is 1. The van der Waals surface area contributed by atoms with Gasteiger partial charge < -0.3 is 0 Å². The normalized spacial score (nSPS) is 11.4. The Morgan fingerprint density at radius 1 is 1.22 bits per heavy atom. The van der Waals surface area contributed by atoms with Crippen molar-refractivity contribution in [3.05, 3.63) is 66.4 Å². The largest absolute Gasteiger partial charge is 0.279 e. The predicted octanol–water partition coefficient (Wildman–Crippen LogP) is 2.52. The van der Waals surface area contributed by atoms with Gasteiger partial charge in [0.15, 0.2) is 5.82 Å². The van der Waals surface area contributed by atoms with Crippen LogP contribution in [-0.4, -0.2) is 23.2 Å². The fraction of sp³-hybridized carbons (Fsp3) is 0.0667. The van der Waals surface area contributed by atoms with E-state index in [1.54, 1.807) is 31.3 Å². The third-order valence-electron chi connectivity index (χ3n) is 3.18. The van der Waals surface area contributed by atoms with Gasteiger partial charge in [-0.1, -0.05) is 12.1 Å². The molecule has 3 aromatic rings. The molecule has 118 valence electrons. The van der Waals surface area contributed by atoms with Gasteiger partial charge >= 0.3 is 0 Å². The van der Waals surface area contributed by atoms with Crippen LogP contribution >= 0.6 is 0 Å². The zero-order valence-corrected chi connectivity index (χ0v) is 13.0. The van der Waals surface area contributed by atoms with Gasteiger partial charge in [0.2, 0.25) is 0 Å². The summed E-state index contributed by atoms with van der Waals surface area (Å²) in [5.41, 5.74) is 0.592. The highest BCUT2D eigenvalue weighted by atomic mass is 32.2. The zero-order valence-electron chi connectivity index (χ0n) is 12.1. The van der Waals surface area contributed by atoms with Crippen molar-refractivity contribution in [2.24, 2.45) is 0 Å². The number of sulfonamides is 1. The van der Waals surface area contributed by atoms with Gasteiger partial charge in [0.1, 0.15) is 10.7 Å². The van der Waals surface area contributed by atoms with Gasteiger partial charge in [-0.2, -0.15) is 5.10 Å². The number of nitrogens with zero attached hydrogens (tertiary/aromatic N) is 3. The number of benzene rings is 1. The second kappa shape index (κ2) is 5.81. The van der Waals surface area contributed by atoms with Crippen LogP contribution in [0.1, 0.15) is 5.56 Å². The number of aromatic nitrogens is 3. The molecule has 0 bridgehead atoms. The molecule has 0 fully saturated rings. The molecular weight excluding hydrogens is 319 g/mol. The van der Waals surface area contributed by atoms with Crippen molar-refractivity contribution in [2.45, 2.75) is 11.8 Å². The van der Waals surface area contributed by atoms with Crippen LogP contribution in [0.2, 0.25) is 0 Å². The third-order valence-corrected chi connectivity index (χ3v) is 4.51. The van der Waals surface area contributed by atoms with Crippen LogP contribution in [0.25, 0.3) is 5.82 Å². The molecule has 0 aliphatic rings. The van der Waals surface area contributed by atoms with Crippen LogP contribution in [0.3, 0.4) is 0 Å². The van der Waals surface area contributed by atoms with Crippen LogP contribution in [0, 0.1) is 12.7 Å². The number of aryl methyl sites for hydroxylation is 1. The maximum atomic E-state index is 13.5. The minimum Gasteiger partial charge on any atom is -0.279 e.